The zero-order valence-corrected chi connectivity index (χ0v) is 15.3. The standard InChI is InChI=1S/C18H23N5O4/c1-4-7-27-18(26)15-9-13(11-23(15)3)21-17(25)14-8-12(10-22(14)2)20-16(24)5-6-19/h4,8-11H,1,5-7,19H2,2-3H3,(H,20,24)(H,21,25). The molecule has 0 saturated carbocycles. The van der Waals surface area contributed by atoms with Crippen LogP contribution in [0.1, 0.15) is 27.4 Å². The molecule has 0 fully saturated rings. The van der Waals surface area contributed by atoms with Gasteiger partial charge >= 0.3 is 5.97 Å². The van der Waals surface area contributed by atoms with Crippen molar-refractivity contribution in [2.75, 3.05) is 23.8 Å². The van der Waals surface area contributed by atoms with Gasteiger partial charge in [-0.3, -0.25) is 9.59 Å². The van der Waals surface area contributed by atoms with Crippen molar-refractivity contribution in [2.45, 2.75) is 6.42 Å². The zero-order chi connectivity index (χ0) is 20.0. The van der Waals surface area contributed by atoms with E-state index in [2.05, 4.69) is 17.2 Å². The van der Waals surface area contributed by atoms with Crippen molar-refractivity contribution < 1.29 is 19.1 Å². The average Bonchev–Trinajstić information content (AvgIpc) is 3.15. The Morgan fingerprint density at radius 1 is 1.11 bits per heavy atom. The normalized spacial score (nSPS) is 10.3. The lowest BCUT2D eigenvalue weighted by atomic mass is 10.3. The molecule has 2 heterocycles. The van der Waals surface area contributed by atoms with Crippen molar-refractivity contribution in [1.82, 2.24) is 9.13 Å². The summed E-state index contributed by atoms with van der Waals surface area (Å²) in [5, 5.41) is 5.40. The van der Waals surface area contributed by atoms with E-state index < -0.39 is 5.97 Å². The molecule has 27 heavy (non-hydrogen) atoms. The Morgan fingerprint density at radius 3 is 2.33 bits per heavy atom. The minimum Gasteiger partial charge on any atom is -0.457 e. The van der Waals surface area contributed by atoms with Gasteiger partial charge in [-0.25, -0.2) is 4.79 Å². The Hall–Kier alpha value is -3.33. The van der Waals surface area contributed by atoms with Gasteiger partial charge in [0.1, 0.15) is 18.0 Å². The highest BCUT2D eigenvalue weighted by Gasteiger charge is 2.17. The number of anilines is 2. The summed E-state index contributed by atoms with van der Waals surface area (Å²) in [6, 6.07) is 3.09. The minimum absolute atomic E-state index is 0.105. The minimum atomic E-state index is -0.512. The van der Waals surface area contributed by atoms with Crippen LogP contribution in [0.5, 0.6) is 0 Å². The molecule has 2 amide bonds. The molecule has 2 aromatic rings. The smallest absolute Gasteiger partial charge is 0.355 e. The van der Waals surface area contributed by atoms with Crippen molar-refractivity contribution in [3.8, 4) is 0 Å². The lowest BCUT2D eigenvalue weighted by Crippen LogP contribution is -2.16. The highest BCUT2D eigenvalue weighted by molar-refractivity contribution is 6.05. The van der Waals surface area contributed by atoms with Crippen molar-refractivity contribution in [1.29, 1.82) is 0 Å². The van der Waals surface area contributed by atoms with Crippen LogP contribution in [0.3, 0.4) is 0 Å². The molecular weight excluding hydrogens is 350 g/mol. The second-order valence-corrected chi connectivity index (χ2v) is 5.88. The van der Waals surface area contributed by atoms with E-state index in [-0.39, 0.29) is 31.4 Å². The molecular formula is C18H23N5O4. The van der Waals surface area contributed by atoms with Crippen LogP contribution < -0.4 is 16.4 Å². The number of aryl methyl sites for hydroxylation is 2. The number of esters is 1. The molecule has 0 atom stereocenters. The summed E-state index contributed by atoms with van der Waals surface area (Å²) in [6.45, 7) is 3.84. The van der Waals surface area contributed by atoms with E-state index in [0.29, 0.717) is 22.8 Å². The van der Waals surface area contributed by atoms with Crippen LogP contribution in [0.4, 0.5) is 11.4 Å². The van der Waals surface area contributed by atoms with Crippen LogP contribution in [0.15, 0.2) is 37.2 Å². The van der Waals surface area contributed by atoms with Crippen molar-refractivity contribution in [2.24, 2.45) is 19.8 Å². The molecule has 0 bridgehead atoms. The van der Waals surface area contributed by atoms with Gasteiger partial charge in [0, 0.05) is 39.5 Å². The number of amides is 2. The predicted molar refractivity (Wildman–Crippen MR) is 102 cm³/mol. The van der Waals surface area contributed by atoms with Crippen LogP contribution in [0.2, 0.25) is 0 Å². The molecule has 2 aromatic heterocycles. The summed E-state index contributed by atoms with van der Waals surface area (Å²) >= 11 is 0. The Labute approximate surface area is 156 Å². The summed E-state index contributed by atoms with van der Waals surface area (Å²) in [6.07, 6.45) is 4.91. The first-order chi connectivity index (χ1) is 12.8. The van der Waals surface area contributed by atoms with Gasteiger partial charge in [-0.15, -0.1) is 0 Å². The second kappa shape index (κ2) is 8.86. The van der Waals surface area contributed by atoms with Crippen molar-refractivity contribution in [3.05, 3.63) is 48.6 Å². The number of rotatable bonds is 8. The lowest BCUT2D eigenvalue weighted by Gasteiger charge is -2.03. The van der Waals surface area contributed by atoms with E-state index >= 15 is 0 Å². The Balaban J connectivity index is 2.09. The number of hydrogen-bond donors (Lipinski definition) is 3. The molecule has 0 saturated heterocycles. The fraction of sp³-hybridized carbons (Fsp3) is 0.278. The summed E-state index contributed by atoms with van der Waals surface area (Å²) in [7, 11) is 3.37. The quantitative estimate of drug-likeness (QED) is 0.475. The first-order valence-electron chi connectivity index (χ1n) is 8.27. The van der Waals surface area contributed by atoms with Crippen LogP contribution in [0.25, 0.3) is 0 Å². The fourth-order valence-electron chi connectivity index (χ4n) is 2.45. The van der Waals surface area contributed by atoms with Crippen LogP contribution in [0, 0.1) is 0 Å². The Morgan fingerprint density at radius 2 is 1.70 bits per heavy atom. The largest absolute Gasteiger partial charge is 0.457 e. The SMILES string of the molecule is C=CCOC(=O)c1cc(NC(=O)c2cc(NC(=O)CCN)cn2C)cn1C. The van der Waals surface area contributed by atoms with Gasteiger partial charge in [0.15, 0.2) is 0 Å². The molecule has 0 aliphatic carbocycles. The molecule has 0 aliphatic rings. The zero-order valence-electron chi connectivity index (χ0n) is 15.3. The molecule has 0 unspecified atom stereocenters. The number of carbonyl (C=O) groups excluding carboxylic acids is 3. The van der Waals surface area contributed by atoms with Crippen LogP contribution in [-0.4, -0.2) is 40.1 Å². The molecule has 144 valence electrons. The van der Waals surface area contributed by atoms with E-state index in [1.807, 2.05) is 0 Å². The van der Waals surface area contributed by atoms with E-state index in [9.17, 15) is 14.4 Å². The van der Waals surface area contributed by atoms with E-state index in [1.165, 1.54) is 12.1 Å². The van der Waals surface area contributed by atoms with E-state index in [4.69, 9.17) is 10.5 Å². The fourth-order valence-corrected chi connectivity index (χ4v) is 2.45. The molecule has 4 N–H and O–H groups in total. The number of carbonyl (C=O) groups is 3. The number of nitrogens with zero attached hydrogens (tertiary/aromatic N) is 2. The van der Waals surface area contributed by atoms with Crippen molar-refractivity contribution in [3.63, 3.8) is 0 Å². The maximum absolute atomic E-state index is 12.5. The first-order valence-corrected chi connectivity index (χ1v) is 8.27. The molecule has 2 rings (SSSR count). The molecule has 9 heteroatoms. The number of nitrogens with two attached hydrogens (primary N) is 1. The molecule has 0 spiro atoms. The van der Waals surface area contributed by atoms with Gasteiger partial charge in [0.2, 0.25) is 5.91 Å². The highest BCUT2D eigenvalue weighted by atomic mass is 16.5. The number of nitrogens with one attached hydrogen (secondary N) is 2. The summed E-state index contributed by atoms with van der Waals surface area (Å²) < 4.78 is 8.15. The summed E-state index contributed by atoms with van der Waals surface area (Å²) in [4.78, 5) is 36.1. The Kier molecular flexibility index (Phi) is 6.56. The third-order valence-electron chi connectivity index (χ3n) is 3.70. The van der Waals surface area contributed by atoms with Gasteiger partial charge in [-0.05, 0) is 12.1 Å². The average molecular weight is 373 g/mol. The number of hydrogen-bond acceptors (Lipinski definition) is 5. The van der Waals surface area contributed by atoms with Gasteiger partial charge < -0.3 is 30.2 Å². The topological polar surface area (TPSA) is 120 Å². The summed E-state index contributed by atoms with van der Waals surface area (Å²) in [5.74, 6) is -1.11. The van der Waals surface area contributed by atoms with Crippen LogP contribution in [-0.2, 0) is 23.6 Å². The van der Waals surface area contributed by atoms with E-state index in [0.717, 1.165) is 0 Å². The third-order valence-corrected chi connectivity index (χ3v) is 3.70. The number of aromatic nitrogens is 2. The molecule has 9 nitrogen and oxygen atoms in total. The highest BCUT2D eigenvalue weighted by Crippen LogP contribution is 2.18. The lowest BCUT2D eigenvalue weighted by molar-refractivity contribution is -0.116. The van der Waals surface area contributed by atoms with Gasteiger partial charge in [-0.1, -0.05) is 12.7 Å². The predicted octanol–water partition coefficient (Wildman–Crippen LogP) is 1.25. The summed E-state index contributed by atoms with van der Waals surface area (Å²) in [5.41, 5.74) is 6.94. The van der Waals surface area contributed by atoms with E-state index in [1.54, 1.807) is 41.7 Å². The second-order valence-electron chi connectivity index (χ2n) is 5.88. The maximum Gasteiger partial charge on any atom is 0.355 e. The van der Waals surface area contributed by atoms with Crippen LogP contribution >= 0.6 is 0 Å². The molecule has 0 radical (unpaired) electrons. The Bertz CT molecular complexity index is 865. The molecule has 0 aromatic carbocycles. The molecule has 0 aliphatic heterocycles. The third kappa shape index (κ3) is 5.08. The van der Waals surface area contributed by atoms with Gasteiger partial charge in [-0.2, -0.15) is 0 Å². The van der Waals surface area contributed by atoms with Crippen molar-refractivity contribution >= 4 is 29.2 Å². The maximum atomic E-state index is 12.5. The monoisotopic (exact) mass is 373 g/mol. The number of ether oxygens (including phenoxy) is 1. The first kappa shape index (κ1) is 20.0. The van der Waals surface area contributed by atoms with Gasteiger partial charge in [0.25, 0.3) is 5.91 Å². The van der Waals surface area contributed by atoms with Gasteiger partial charge in [0.05, 0.1) is 11.4 Å².